The van der Waals surface area contributed by atoms with Gasteiger partial charge >= 0.3 is 0 Å². The van der Waals surface area contributed by atoms with Crippen LogP contribution in [0.5, 0.6) is 0 Å². The zero-order valence-electron chi connectivity index (χ0n) is 19.6. The molecule has 2 amide bonds. The van der Waals surface area contributed by atoms with Crippen LogP contribution in [0.3, 0.4) is 0 Å². The second kappa shape index (κ2) is 10.0. The van der Waals surface area contributed by atoms with Crippen molar-refractivity contribution in [3.05, 3.63) is 72.8 Å². The van der Waals surface area contributed by atoms with Crippen LogP contribution in [0.15, 0.2) is 67.3 Å². The van der Waals surface area contributed by atoms with E-state index in [1.165, 1.54) is 12.8 Å². The minimum Gasteiger partial charge on any atom is -0.355 e. The second-order valence-corrected chi connectivity index (χ2v) is 9.13. The molecule has 0 radical (unpaired) electrons. The number of rotatable bonds is 8. The van der Waals surface area contributed by atoms with Crippen molar-refractivity contribution in [3.8, 4) is 0 Å². The number of amides is 2. The van der Waals surface area contributed by atoms with Gasteiger partial charge < -0.3 is 16.0 Å². The number of carbonyl (C=O) groups is 2. The Kier molecular flexibility index (Phi) is 6.47. The van der Waals surface area contributed by atoms with Crippen molar-refractivity contribution in [3.63, 3.8) is 0 Å². The zero-order chi connectivity index (χ0) is 24.2. The van der Waals surface area contributed by atoms with E-state index in [0.717, 1.165) is 29.7 Å². The Morgan fingerprint density at radius 2 is 1.89 bits per heavy atom. The Labute approximate surface area is 203 Å². The van der Waals surface area contributed by atoms with Gasteiger partial charge in [-0.15, -0.1) is 0 Å². The highest BCUT2D eigenvalue weighted by atomic mass is 16.2. The number of nitrogens with zero attached hydrogens (tertiary/aromatic N) is 4. The Morgan fingerprint density at radius 3 is 2.69 bits per heavy atom. The van der Waals surface area contributed by atoms with Gasteiger partial charge in [0.25, 0.3) is 5.91 Å². The van der Waals surface area contributed by atoms with Gasteiger partial charge in [-0.1, -0.05) is 31.7 Å². The number of carbonyl (C=O) groups excluding carboxylic acids is 2. The van der Waals surface area contributed by atoms with Gasteiger partial charge in [-0.2, -0.15) is 10.2 Å². The maximum atomic E-state index is 13.2. The molecule has 3 heterocycles. The van der Waals surface area contributed by atoms with Crippen molar-refractivity contribution in [1.29, 1.82) is 0 Å². The minimum absolute atomic E-state index is 0.221. The lowest BCUT2D eigenvalue weighted by molar-refractivity contribution is -0.118. The highest BCUT2D eigenvalue weighted by molar-refractivity contribution is 6.01. The standard InChI is InChI=1S/C26H29N7O2/c1-32-17-22(16-28-32)30-26(35)24(13-18-5-2-3-6-18)31-25(34)19-7-4-8-20(14-19)29-21-10-12-33-23(15-21)9-11-27-33/h4,7-12,14-18,24,29H,2-3,5-6,13H2,1H3,(H,30,35)(H,31,34). The second-order valence-electron chi connectivity index (χ2n) is 9.13. The fraction of sp³-hybridized carbons (Fsp3) is 0.308. The molecular weight excluding hydrogens is 442 g/mol. The number of aromatic nitrogens is 4. The smallest absolute Gasteiger partial charge is 0.252 e. The molecule has 1 atom stereocenters. The molecule has 1 aliphatic carbocycles. The Bertz CT molecular complexity index is 1340. The third-order valence-corrected chi connectivity index (χ3v) is 6.45. The van der Waals surface area contributed by atoms with E-state index in [9.17, 15) is 9.59 Å². The van der Waals surface area contributed by atoms with Crippen LogP contribution >= 0.6 is 0 Å². The number of pyridine rings is 1. The summed E-state index contributed by atoms with van der Waals surface area (Å²) < 4.78 is 3.42. The molecule has 3 aromatic heterocycles. The Balaban J connectivity index is 1.29. The topological polar surface area (TPSA) is 105 Å². The number of nitrogens with one attached hydrogen (secondary N) is 3. The summed E-state index contributed by atoms with van der Waals surface area (Å²) in [6.07, 6.45) is 12.1. The number of benzene rings is 1. The highest BCUT2D eigenvalue weighted by Crippen LogP contribution is 2.29. The zero-order valence-corrected chi connectivity index (χ0v) is 19.6. The predicted octanol–water partition coefficient (Wildman–Crippen LogP) is 4.13. The third-order valence-electron chi connectivity index (χ3n) is 6.45. The lowest BCUT2D eigenvalue weighted by atomic mass is 9.97. The van der Waals surface area contributed by atoms with Gasteiger partial charge in [0.05, 0.1) is 17.4 Å². The molecule has 0 spiro atoms. The molecule has 35 heavy (non-hydrogen) atoms. The number of hydrogen-bond acceptors (Lipinski definition) is 5. The summed E-state index contributed by atoms with van der Waals surface area (Å²) in [5, 5.41) is 17.5. The van der Waals surface area contributed by atoms with Crippen LogP contribution in [-0.4, -0.2) is 37.3 Å². The molecule has 9 heteroatoms. The Hall–Kier alpha value is -4.14. The molecule has 3 N–H and O–H groups in total. The summed E-state index contributed by atoms with van der Waals surface area (Å²) in [4.78, 5) is 26.3. The fourth-order valence-electron chi connectivity index (χ4n) is 4.67. The summed E-state index contributed by atoms with van der Waals surface area (Å²) in [5.74, 6) is -0.0581. The number of fused-ring (bicyclic) bond motifs is 1. The summed E-state index contributed by atoms with van der Waals surface area (Å²) in [6.45, 7) is 0. The maximum Gasteiger partial charge on any atom is 0.252 e. The monoisotopic (exact) mass is 471 g/mol. The fourth-order valence-corrected chi connectivity index (χ4v) is 4.67. The summed E-state index contributed by atoms with van der Waals surface area (Å²) in [7, 11) is 1.79. The van der Waals surface area contributed by atoms with Crippen LogP contribution in [0.4, 0.5) is 17.1 Å². The van der Waals surface area contributed by atoms with E-state index in [2.05, 4.69) is 26.1 Å². The van der Waals surface area contributed by atoms with E-state index < -0.39 is 6.04 Å². The first kappa shape index (κ1) is 22.6. The first-order valence-electron chi connectivity index (χ1n) is 11.9. The van der Waals surface area contributed by atoms with Crippen molar-refractivity contribution in [1.82, 2.24) is 24.7 Å². The van der Waals surface area contributed by atoms with E-state index in [1.807, 2.05) is 36.5 Å². The first-order chi connectivity index (χ1) is 17.0. The van der Waals surface area contributed by atoms with Crippen molar-refractivity contribution in [2.75, 3.05) is 10.6 Å². The molecule has 0 saturated heterocycles. The minimum atomic E-state index is -0.619. The maximum absolute atomic E-state index is 13.2. The van der Waals surface area contributed by atoms with Crippen LogP contribution in [0, 0.1) is 5.92 Å². The predicted molar refractivity (Wildman–Crippen MR) is 135 cm³/mol. The van der Waals surface area contributed by atoms with Crippen molar-refractivity contribution < 1.29 is 9.59 Å². The lowest BCUT2D eigenvalue weighted by Gasteiger charge is -2.21. The van der Waals surface area contributed by atoms with E-state index in [0.29, 0.717) is 23.6 Å². The number of anilines is 3. The van der Waals surface area contributed by atoms with Gasteiger partial charge in [0.1, 0.15) is 6.04 Å². The largest absolute Gasteiger partial charge is 0.355 e. The van der Waals surface area contributed by atoms with Crippen molar-refractivity contribution >= 4 is 34.4 Å². The number of aryl methyl sites for hydroxylation is 1. The van der Waals surface area contributed by atoms with Gasteiger partial charge in [0, 0.05) is 42.6 Å². The SMILES string of the molecule is Cn1cc(NC(=O)C(CC2CCCC2)NC(=O)c2cccc(Nc3ccn4nccc4c3)c2)cn1. The first-order valence-corrected chi connectivity index (χ1v) is 11.9. The summed E-state index contributed by atoms with van der Waals surface area (Å²) in [5.41, 5.74) is 3.76. The normalized spacial score (nSPS) is 14.7. The highest BCUT2D eigenvalue weighted by Gasteiger charge is 2.27. The molecule has 1 aliphatic rings. The van der Waals surface area contributed by atoms with Crippen molar-refractivity contribution in [2.24, 2.45) is 13.0 Å². The van der Waals surface area contributed by atoms with Crippen LogP contribution in [-0.2, 0) is 11.8 Å². The van der Waals surface area contributed by atoms with E-state index in [-0.39, 0.29) is 11.8 Å². The summed E-state index contributed by atoms with van der Waals surface area (Å²) in [6, 6.07) is 12.5. The third kappa shape index (κ3) is 5.51. The molecule has 0 bridgehead atoms. The molecule has 5 rings (SSSR count). The number of hydrogen-bond donors (Lipinski definition) is 3. The average molecular weight is 472 g/mol. The van der Waals surface area contributed by atoms with Gasteiger partial charge in [-0.25, -0.2) is 4.52 Å². The molecule has 1 saturated carbocycles. The van der Waals surface area contributed by atoms with Crippen LogP contribution in [0.1, 0.15) is 42.5 Å². The van der Waals surface area contributed by atoms with Crippen molar-refractivity contribution in [2.45, 2.75) is 38.1 Å². The molecule has 0 aliphatic heterocycles. The van der Waals surface area contributed by atoms with Gasteiger partial charge in [-0.3, -0.25) is 14.3 Å². The van der Waals surface area contributed by atoms with Gasteiger partial charge in [0.2, 0.25) is 5.91 Å². The Morgan fingerprint density at radius 1 is 1.06 bits per heavy atom. The van der Waals surface area contributed by atoms with E-state index >= 15 is 0 Å². The molecule has 4 aromatic rings. The lowest BCUT2D eigenvalue weighted by Crippen LogP contribution is -2.44. The van der Waals surface area contributed by atoms with Crippen LogP contribution in [0.2, 0.25) is 0 Å². The summed E-state index contributed by atoms with van der Waals surface area (Å²) >= 11 is 0. The van der Waals surface area contributed by atoms with Gasteiger partial charge in [-0.05, 0) is 48.7 Å². The molecule has 9 nitrogen and oxygen atoms in total. The van der Waals surface area contributed by atoms with Crippen LogP contribution in [0.25, 0.3) is 5.52 Å². The van der Waals surface area contributed by atoms with E-state index in [1.54, 1.807) is 47.0 Å². The molecule has 180 valence electrons. The quantitative estimate of drug-likeness (QED) is 0.358. The average Bonchev–Trinajstić information content (AvgIpc) is 3.61. The molecule has 1 unspecified atom stereocenters. The van der Waals surface area contributed by atoms with Crippen LogP contribution < -0.4 is 16.0 Å². The molecule has 1 aromatic carbocycles. The molecular formula is C26H29N7O2. The van der Waals surface area contributed by atoms with Gasteiger partial charge in [0.15, 0.2) is 0 Å². The molecule has 1 fully saturated rings. The van der Waals surface area contributed by atoms with E-state index in [4.69, 9.17) is 0 Å².